The molecule has 3 heteroatoms. The lowest BCUT2D eigenvalue weighted by molar-refractivity contribution is 0.687. The highest BCUT2D eigenvalue weighted by Gasteiger charge is 1.82. The fraction of sp³-hybridized carbons (Fsp3) is 1.00. The van der Waals surface area contributed by atoms with Crippen LogP contribution in [0.15, 0.2) is 0 Å². The molecule has 6 heavy (non-hydrogen) atoms. The molecule has 1 nitrogen and oxygen atoms in total. The summed E-state index contributed by atoms with van der Waals surface area (Å²) in [5.41, 5.74) is 0. The van der Waals surface area contributed by atoms with Gasteiger partial charge in [-0.2, -0.15) is 0 Å². The molecule has 0 aromatic rings. The predicted molar refractivity (Wildman–Crippen MR) is 29.7 cm³/mol. The van der Waals surface area contributed by atoms with Crippen molar-refractivity contribution in [3.8, 4) is 0 Å². The Labute approximate surface area is 45.1 Å². The van der Waals surface area contributed by atoms with Crippen LogP contribution in [0.1, 0.15) is 0 Å². The first-order chi connectivity index (χ1) is 2.77. The van der Waals surface area contributed by atoms with Gasteiger partial charge >= 0.3 is 0 Å². The van der Waals surface area contributed by atoms with Crippen LogP contribution in [0.3, 0.4) is 0 Å². The Morgan fingerprint density at radius 2 is 2.33 bits per heavy atom. The smallest absolute Gasteiger partial charge is 0.0367 e. The lowest BCUT2D eigenvalue weighted by atomic mass is 11.0. The van der Waals surface area contributed by atoms with E-state index >= 15 is 0 Å². The molecule has 0 bridgehead atoms. The fourth-order valence-corrected chi connectivity index (χ4v) is 0.978. The Bertz CT molecular complexity index is 54.8. The van der Waals surface area contributed by atoms with Crippen molar-refractivity contribution in [1.29, 1.82) is 0 Å². The van der Waals surface area contributed by atoms with E-state index in [1.54, 1.807) is 6.26 Å². The standard InChI is InChI=1S/C3H7ClOS/c1-6(5)3-2-4/h2-3H2,1H3/t6-/m0/s1. The molecule has 0 saturated carbocycles. The lowest BCUT2D eigenvalue weighted by Gasteiger charge is -1.81. The van der Waals surface area contributed by atoms with E-state index in [0.29, 0.717) is 11.6 Å². The zero-order valence-electron chi connectivity index (χ0n) is 3.61. The SMILES string of the molecule is C[S@](=O)CCCl. The first kappa shape index (κ1) is 6.44. The fourth-order valence-electron chi connectivity index (χ4n) is 0.109. The van der Waals surface area contributed by atoms with Gasteiger partial charge in [0, 0.05) is 28.7 Å². The Hall–Kier alpha value is 0.440. The number of alkyl halides is 1. The van der Waals surface area contributed by atoms with E-state index < -0.39 is 10.8 Å². The first-order valence-electron chi connectivity index (χ1n) is 1.63. The molecule has 0 radical (unpaired) electrons. The van der Waals surface area contributed by atoms with Crippen LogP contribution in [0.2, 0.25) is 0 Å². The molecule has 0 rings (SSSR count). The molecule has 0 fully saturated rings. The average molecular weight is 127 g/mol. The Kier molecular flexibility index (Phi) is 3.89. The number of halogens is 1. The van der Waals surface area contributed by atoms with Crippen molar-refractivity contribution in [1.82, 2.24) is 0 Å². The normalized spacial score (nSPS) is 14.3. The molecule has 0 heterocycles. The van der Waals surface area contributed by atoms with E-state index in [9.17, 15) is 4.21 Å². The van der Waals surface area contributed by atoms with Gasteiger partial charge in [-0.25, -0.2) is 0 Å². The second-order valence-electron chi connectivity index (χ2n) is 0.966. The Balaban J connectivity index is 2.83. The van der Waals surface area contributed by atoms with Crippen LogP contribution in [0, 0.1) is 0 Å². The molecule has 0 aromatic carbocycles. The van der Waals surface area contributed by atoms with Crippen LogP contribution in [0.5, 0.6) is 0 Å². The topological polar surface area (TPSA) is 17.1 Å². The minimum absolute atomic E-state index is 0.503. The maximum atomic E-state index is 10.1. The summed E-state index contributed by atoms with van der Waals surface area (Å²) in [5, 5.41) is 0. The van der Waals surface area contributed by atoms with Gasteiger partial charge in [0.15, 0.2) is 0 Å². The Morgan fingerprint density at radius 3 is 2.33 bits per heavy atom. The largest absolute Gasteiger partial charge is 0.260 e. The average Bonchev–Trinajstić information content (AvgIpc) is 1.35. The van der Waals surface area contributed by atoms with Crippen LogP contribution >= 0.6 is 11.6 Å². The second-order valence-corrected chi connectivity index (χ2v) is 2.90. The summed E-state index contributed by atoms with van der Waals surface area (Å²) in [7, 11) is -0.698. The van der Waals surface area contributed by atoms with Crippen molar-refractivity contribution in [3.63, 3.8) is 0 Å². The van der Waals surface area contributed by atoms with Crippen molar-refractivity contribution in [2.45, 2.75) is 0 Å². The summed E-state index contributed by atoms with van der Waals surface area (Å²) in [6.07, 6.45) is 1.64. The predicted octanol–water partition coefficient (Wildman–Crippen LogP) is 0.604. The van der Waals surface area contributed by atoms with Gasteiger partial charge in [0.2, 0.25) is 0 Å². The van der Waals surface area contributed by atoms with Crippen LogP contribution in [0.4, 0.5) is 0 Å². The molecule has 0 saturated heterocycles. The third-order valence-corrected chi connectivity index (χ3v) is 1.56. The number of hydrogen-bond donors (Lipinski definition) is 0. The highest BCUT2D eigenvalue weighted by molar-refractivity contribution is 7.84. The zero-order chi connectivity index (χ0) is 4.99. The number of hydrogen-bond acceptors (Lipinski definition) is 1. The summed E-state index contributed by atoms with van der Waals surface area (Å²) in [4.78, 5) is 0. The third-order valence-electron chi connectivity index (χ3n) is 0.365. The van der Waals surface area contributed by atoms with Gasteiger partial charge in [-0.1, -0.05) is 0 Å². The molecule has 0 aromatic heterocycles. The van der Waals surface area contributed by atoms with Crippen molar-refractivity contribution in [2.24, 2.45) is 0 Å². The van der Waals surface area contributed by atoms with Gasteiger partial charge in [-0.05, 0) is 0 Å². The quantitative estimate of drug-likeness (QED) is 0.496. The van der Waals surface area contributed by atoms with Crippen molar-refractivity contribution in [2.75, 3.05) is 17.9 Å². The second kappa shape index (κ2) is 3.62. The molecule has 0 aliphatic heterocycles. The van der Waals surface area contributed by atoms with Gasteiger partial charge < -0.3 is 0 Å². The molecule has 0 aliphatic carbocycles. The van der Waals surface area contributed by atoms with E-state index in [-0.39, 0.29) is 0 Å². The van der Waals surface area contributed by atoms with Gasteiger partial charge in [0.25, 0.3) is 0 Å². The van der Waals surface area contributed by atoms with Gasteiger partial charge in [0.1, 0.15) is 0 Å². The zero-order valence-corrected chi connectivity index (χ0v) is 5.18. The summed E-state index contributed by atoms with van der Waals surface area (Å²) < 4.78 is 10.1. The molecule has 0 N–H and O–H groups in total. The molecular formula is C3H7ClOS. The van der Waals surface area contributed by atoms with E-state index in [4.69, 9.17) is 11.6 Å². The maximum absolute atomic E-state index is 10.1. The van der Waals surface area contributed by atoms with Gasteiger partial charge in [-0.3, -0.25) is 4.21 Å². The Morgan fingerprint density at radius 1 is 1.83 bits per heavy atom. The first-order valence-corrected chi connectivity index (χ1v) is 3.89. The molecule has 1 atom stereocenters. The van der Waals surface area contributed by atoms with Crippen LogP contribution in [-0.4, -0.2) is 22.1 Å². The summed E-state index contributed by atoms with van der Waals surface area (Å²) in [6.45, 7) is 0. The molecule has 0 aliphatic rings. The minimum Gasteiger partial charge on any atom is -0.260 e. The molecule has 38 valence electrons. The summed E-state index contributed by atoms with van der Waals surface area (Å²) in [5.74, 6) is 1.12. The van der Waals surface area contributed by atoms with E-state index in [2.05, 4.69) is 0 Å². The molecule has 0 unspecified atom stereocenters. The van der Waals surface area contributed by atoms with Crippen molar-refractivity contribution < 1.29 is 4.21 Å². The molecule has 0 amide bonds. The van der Waals surface area contributed by atoms with Gasteiger partial charge in [-0.15, -0.1) is 11.6 Å². The lowest BCUT2D eigenvalue weighted by Crippen LogP contribution is -1.92. The van der Waals surface area contributed by atoms with Gasteiger partial charge in [0.05, 0.1) is 0 Å². The summed E-state index contributed by atoms with van der Waals surface area (Å²) >= 11 is 5.20. The van der Waals surface area contributed by atoms with Crippen LogP contribution in [0.25, 0.3) is 0 Å². The van der Waals surface area contributed by atoms with Crippen LogP contribution in [-0.2, 0) is 10.8 Å². The van der Waals surface area contributed by atoms with Crippen molar-refractivity contribution >= 4 is 22.4 Å². The molecular weight excluding hydrogens is 120 g/mol. The van der Waals surface area contributed by atoms with E-state index in [1.165, 1.54) is 0 Å². The monoisotopic (exact) mass is 126 g/mol. The summed E-state index contributed by atoms with van der Waals surface area (Å²) in [6, 6.07) is 0. The van der Waals surface area contributed by atoms with Crippen LogP contribution < -0.4 is 0 Å². The highest BCUT2D eigenvalue weighted by atomic mass is 35.5. The number of rotatable bonds is 2. The molecule has 0 spiro atoms. The minimum atomic E-state index is -0.698. The highest BCUT2D eigenvalue weighted by Crippen LogP contribution is 1.76. The van der Waals surface area contributed by atoms with Crippen molar-refractivity contribution in [3.05, 3.63) is 0 Å². The third kappa shape index (κ3) is 4.44. The maximum Gasteiger partial charge on any atom is 0.0367 e. The van der Waals surface area contributed by atoms with E-state index in [1.807, 2.05) is 0 Å². The van der Waals surface area contributed by atoms with E-state index in [0.717, 1.165) is 0 Å².